The van der Waals surface area contributed by atoms with Crippen molar-refractivity contribution in [3.05, 3.63) is 53.1 Å². The van der Waals surface area contributed by atoms with E-state index in [0.29, 0.717) is 18.2 Å². The van der Waals surface area contributed by atoms with Gasteiger partial charge in [-0.25, -0.2) is 4.98 Å². The van der Waals surface area contributed by atoms with Crippen LogP contribution < -0.4 is 0 Å². The number of hydrogen-bond acceptors (Lipinski definition) is 4. The van der Waals surface area contributed by atoms with Crippen LogP contribution >= 0.6 is 0 Å². The van der Waals surface area contributed by atoms with E-state index in [4.69, 9.17) is 4.98 Å². The molecule has 0 unspecified atom stereocenters. The normalized spacial score (nSPS) is 20.6. The van der Waals surface area contributed by atoms with Gasteiger partial charge in [0.2, 0.25) is 5.91 Å². The van der Waals surface area contributed by atoms with Gasteiger partial charge in [-0.2, -0.15) is 0 Å². The minimum absolute atomic E-state index is 0.345. The van der Waals surface area contributed by atoms with Crippen LogP contribution in [0.4, 0.5) is 0 Å². The topological polar surface area (TPSA) is 55.5 Å². The Morgan fingerprint density at radius 2 is 1.84 bits per heavy atom. The Balaban J connectivity index is 1.18. The minimum Gasteiger partial charge on any atom is -0.346 e. The third kappa shape index (κ3) is 6.20. The number of aromatic nitrogens is 2. The van der Waals surface area contributed by atoms with E-state index in [0.717, 1.165) is 71.0 Å². The first-order valence-corrected chi connectivity index (χ1v) is 12.4. The van der Waals surface area contributed by atoms with Crippen LogP contribution in [0.25, 0.3) is 0 Å². The van der Waals surface area contributed by atoms with E-state index in [-0.39, 0.29) is 0 Å². The van der Waals surface area contributed by atoms with Gasteiger partial charge in [-0.3, -0.25) is 14.6 Å². The number of H-pyrrole nitrogens is 1. The highest BCUT2D eigenvalue weighted by Gasteiger charge is 2.25. The lowest BCUT2D eigenvalue weighted by molar-refractivity contribution is -0.133. The van der Waals surface area contributed by atoms with Gasteiger partial charge in [0.05, 0.1) is 5.69 Å². The summed E-state index contributed by atoms with van der Waals surface area (Å²) in [5, 5.41) is 0. The monoisotopic (exact) mass is 437 g/mol. The number of benzene rings is 1. The van der Waals surface area contributed by atoms with Crippen LogP contribution in [-0.4, -0.2) is 69.8 Å². The summed E-state index contributed by atoms with van der Waals surface area (Å²) in [4.78, 5) is 28.1. The zero-order chi connectivity index (χ0) is 22.3. The summed E-state index contributed by atoms with van der Waals surface area (Å²) in [6, 6.07) is 10.6. The summed E-state index contributed by atoms with van der Waals surface area (Å²) >= 11 is 0. The third-order valence-corrected chi connectivity index (χ3v) is 7.09. The molecule has 174 valence electrons. The van der Waals surface area contributed by atoms with Crippen molar-refractivity contribution < 1.29 is 4.79 Å². The molecule has 6 nitrogen and oxygen atoms in total. The number of hydrogen-bond donors (Lipinski definition) is 1. The Morgan fingerprint density at radius 3 is 2.56 bits per heavy atom. The predicted molar refractivity (Wildman–Crippen MR) is 128 cm³/mol. The number of imidazole rings is 1. The van der Waals surface area contributed by atoms with Crippen molar-refractivity contribution in [2.24, 2.45) is 5.92 Å². The van der Waals surface area contributed by atoms with Crippen molar-refractivity contribution in [1.82, 2.24) is 24.7 Å². The summed E-state index contributed by atoms with van der Waals surface area (Å²) in [5.41, 5.74) is 3.74. The maximum atomic E-state index is 12.8. The fourth-order valence-corrected chi connectivity index (χ4v) is 5.11. The fourth-order valence-electron chi connectivity index (χ4n) is 5.11. The van der Waals surface area contributed by atoms with Crippen molar-refractivity contribution in [3.63, 3.8) is 0 Å². The molecular weight excluding hydrogens is 398 g/mol. The molecule has 0 spiro atoms. The van der Waals surface area contributed by atoms with E-state index in [9.17, 15) is 4.79 Å². The second-order valence-corrected chi connectivity index (χ2v) is 9.53. The average molecular weight is 438 g/mol. The molecule has 1 atom stereocenters. The number of piperazine rings is 1. The lowest BCUT2D eigenvalue weighted by atomic mass is 9.93. The number of carbonyl (C=O) groups is 1. The van der Waals surface area contributed by atoms with Gasteiger partial charge < -0.3 is 9.88 Å². The first kappa shape index (κ1) is 23.0. The zero-order valence-corrected chi connectivity index (χ0v) is 19.9. The van der Waals surface area contributed by atoms with Crippen molar-refractivity contribution in [2.45, 2.75) is 59.0 Å². The van der Waals surface area contributed by atoms with Crippen LogP contribution in [0, 0.1) is 12.8 Å². The predicted octanol–water partition coefficient (Wildman–Crippen LogP) is 3.62. The molecule has 2 aliphatic heterocycles. The smallest absolute Gasteiger partial charge is 0.222 e. The van der Waals surface area contributed by atoms with Crippen molar-refractivity contribution in [3.8, 4) is 0 Å². The van der Waals surface area contributed by atoms with E-state index in [1.165, 1.54) is 29.8 Å². The van der Waals surface area contributed by atoms with E-state index in [1.807, 2.05) is 0 Å². The number of piperidine rings is 1. The molecule has 1 amide bonds. The van der Waals surface area contributed by atoms with Gasteiger partial charge in [-0.1, -0.05) is 37.3 Å². The van der Waals surface area contributed by atoms with Gasteiger partial charge in [-0.15, -0.1) is 0 Å². The number of likely N-dealkylation sites (tertiary alicyclic amines) is 1. The van der Waals surface area contributed by atoms with Crippen LogP contribution in [0.2, 0.25) is 0 Å². The molecule has 6 heteroatoms. The van der Waals surface area contributed by atoms with Crippen LogP contribution in [-0.2, 0) is 24.3 Å². The maximum absolute atomic E-state index is 12.8. The van der Waals surface area contributed by atoms with Gasteiger partial charge in [0.1, 0.15) is 5.82 Å². The molecule has 32 heavy (non-hydrogen) atoms. The molecule has 0 radical (unpaired) electrons. The Morgan fingerprint density at radius 1 is 1.06 bits per heavy atom. The SMILES string of the molecule is CCc1nc(CN2CCC[C@@H](CCC(=O)N3CCN(Cc4ccccc4)CC3)C2)c(C)[nH]1. The number of nitrogens with one attached hydrogen (secondary N) is 1. The quantitative estimate of drug-likeness (QED) is 0.685. The Kier molecular flexibility index (Phi) is 7.98. The standard InChI is InChI=1S/C26H39N5O/c1-3-25-27-21(2)24(28-25)20-30-13-7-10-23(19-30)11-12-26(32)31-16-14-29(15-17-31)18-22-8-5-4-6-9-22/h4-6,8-9,23H,3,7,10-20H2,1-2H3,(H,27,28)/t23-/m0/s1. The van der Waals surface area contributed by atoms with Crippen LogP contribution in [0.15, 0.2) is 30.3 Å². The first-order chi connectivity index (χ1) is 15.6. The number of aromatic amines is 1. The maximum Gasteiger partial charge on any atom is 0.222 e. The molecule has 0 bridgehead atoms. The lowest BCUT2D eigenvalue weighted by Crippen LogP contribution is -2.48. The highest BCUT2D eigenvalue weighted by Crippen LogP contribution is 2.23. The highest BCUT2D eigenvalue weighted by atomic mass is 16.2. The molecule has 1 N–H and O–H groups in total. The number of rotatable bonds is 8. The summed E-state index contributed by atoms with van der Waals surface area (Å²) in [7, 11) is 0. The van der Waals surface area contributed by atoms with E-state index < -0.39 is 0 Å². The van der Waals surface area contributed by atoms with Crippen molar-refractivity contribution in [1.29, 1.82) is 0 Å². The molecule has 2 aliphatic rings. The van der Waals surface area contributed by atoms with Gasteiger partial charge in [0.25, 0.3) is 0 Å². The van der Waals surface area contributed by atoms with Gasteiger partial charge in [0, 0.05) is 64.3 Å². The van der Waals surface area contributed by atoms with Crippen molar-refractivity contribution in [2.75, 3.05) is 39.3 Å². The molecule has 2 saturated heterocycles. The first-order valence-electron chi connectivity index (χ1n) is 12.4. The number of carbonyl (C=O) groups excluding carboxylic acids is 1. The largest absolute Gasteiger partial charge is 0.346 e. The van der Waals surface area contributed by atoms with Crippen LogP contribution in [0.3, 0.4) is 0 Å². The molecule has 2 fully saturated rings. The van der Waals surface area contributed by atoms with E-state index in [1.54, 1.807) is 0 Å². The van der Waals surface area contributed by atoms with Gasteiger partial charge in [0.15, 0.2) is 0 Å². The van der Waals surface area contributed by atoms with Crippen LogP contribution in [0.1, 0.15) is 55.4 Å². The molecule has 0 saturated carbocycles. The summed E-state index contributed by atoms with van der Waals surface area (Å²) < 4.78 is 0. The molecule has 3 heterocycles. The van der Waals surface area contributed by atoms with Crippen molar-refractivity contribution >= 4 is 5.91 Å². The molecular formula is C26H39N5O. The van der Waals surface area contributed by atoms with E-state index >= 15 is 0 Å². The molecule has 4 rings (SSSR count). The summed E-state index contributed by atoms with van der Waals surface area (Å²) in [5.74, 6) is 2.05. The number of nitrogens with zero attached hydrogens (tertiary/aromatic N) is 4. The number of aryl methyl sites for hydroxylation is 2. The Labute approximate surface area is 193 Å². The number of amides is 1. The molecule has 1 aromatic heterocycles. The highest BCUT2D eigenvalue weighted by molar-refractivity contribution is 5.76. The third-order valence-electron chi connectivity index (χ3n) is 7.09. The minimum atomic E-state index is 0.345. The van der Waals surface area contributed by atoms with Crippen LogP contribution in [0.5, 0.6) is 0 Å². The van der Waals surface area contributed by atoms with Gasteiger partial charge >= 0.3 is 0 Å². The molecule has 0 aliphatic carbocycles. The second-order valence-electron chi connectivity index (χ2n) is 9.53. The van der Waals surface area contributed by atoms with E-state index in [2.05, 4.69) is 63.9 Å². The second kappa shape index (κ2) is 11.1. The molecule has 1 aromatic carbocycles. The lowest BCUT2D eigenvalue weighted by Gasteiger charge is -2.36. The Hall–Kier alpha value is -2.18. The molecule has 2 aromatic rings. The summed E-state index contributed by atoms with van der Waals surface area (Å²) in [6.45, 7) is 12.1. The average Bonchev–Trinajstić information content (AvgIpc) is 3.18. The Bertz CT molecular complexity index is 856. The fraction of sp³-hybridized carbons (Fsp3) is 0.615. The summed E-state index contributed by atoms with van der Waals surface area (Å²) in [6.07, 6.45) is 5.12. The van der Waals surface area contributed by atoms with Gasteiger partial charge in [-0.05, 0) is 44.2 Å². The zero-order valence-electron chi connectivity index (χ0n) is 19.9.